The fourth-order valence-corrected chi connectivity index (χ4v) is 1.15. The highest BCUT2D eigenvalue weighted by Gasteiger charge is 2.04. The van der Waals surface area contributed by atoms with E-state index in [-0.39, 0.29) is 11.7 Å². The van der Waals surface area contributed by atoms with Crippen molar-refractivity contribution in [2.75, 3.05) is 13.6 Å². The number of aryl methyl sites for hydroxylation is 1. The van der Waals surface area contributed by atoms with Crippen molar-refractivity contribution in [3.63, 3.8) is 0 Å². The number of hydrogen-bond donors (Lipinski definition) is 2. The summed E-state index contributed by atoms with van der Waals surface area (Å²) in [5, 5.41) is 2.98. The largest absolute Gasteiger partial charge is 0.473 e. The molecule has 5 heteroatoms. The lowest BCUT2D eigenvalue weighted by Gasteiger charge is -2.12. The van der Waals surface area contributed by atoms with Gasteiger partial charge >= 0.3 is 0 Å². The Labute approximate surface area is 82.5 Å². The summed E-state index contributed by atoms with van der Waals surface area (Å²) in [6.45, 7) is 4.35. The molecule has 78 valence electrons. The summed E-state index contributed by atoms with van der Waals surface area (Å²) < 4.78 is 5.42. The third kappa shape index (κ3) is 3.18. The molecule has 0 radical (unpaired) electrons. The summed E-state index contributed by atoms with van der Waals surface area (Å²) >= 11 is 0. The summed E-state index contributed by atoms with van der Waals surface area (Å²) in [6.07, 6.45) is -0.00583. The van der Waals surface area contributed by atoms with Crippen LogP contribution in [-0.4, -0.2) is 29.7 Å². The average Bonchev–Trinajstić information content (AvgIpc) is 2.01. The number of rotatable bonds is 4. The second-order valence-corrected chi connectivity index (χ2v) is 3.16. The lowest BCUT2D eigenvalue weighted by molar-refractivity contribution is 0.211. The fourth-order valence-electron chi connectivity index (χ4n) is 1.15. The third-order valence-corrected chi connectivity index (χ3v) is 1.65. The summed E-state index contributed by atoms with van der Waals surface area (Å²) in [5.41, 5.74) is -0.191. The van der Waals surface area contributed by atoms with E-state index in [0.717, 1.165) is 0 Å². The zero-order chi connectivity index (χ0) is 10.6. The van der Waals surface area contributed by atoms with Gasteiger partial charge in [-0.3, -0.25) is 4.79 Å². The zero-order valence-corrected chi connectivity index (χ0v) is 8.63. The summed E-state index contributed by atoms with van der Waals surface area (Å²) in [5.74, 6) is 0.929. The van der Waals surface area contributed by atoms with Crippen LogP contribution in [0.25, 0.3) is 0 Å². The minimum absolute atomic E-state index is 0.00583. The van der Waals surface area contributed by atoms with Gasteiger partial charge in [0.2, 0.25) is 5.88 Å². The van der Waals surface area contributed by atoms with E-state index in [1.807, 2.05) is 14.0 Å². The molecular weight excluding hydrogens is 182 g/mol. The maximum Gasteiger partial charge on any atom is 0.254 e. The minimum atomic E-state index is -0.191. The minimum Gasteiger partial charge on any atom is -0.473 e. The molecule has 0 fully saturated rings. The summed E-state index contributed by atoms with van der Waals surface area (Å²) in [7, 11) is 1.84. The Bertz CT molecular complexity index is 348. The molecule has 0 aliphatic heterocycles. The topological polar surface area (TPSA) is 67.0 Å². The number of H-pyrrole nitrogens is 1. The number of ether oxygens (including phenoxy) is 1. The van der Waals surface area contributed by atoms with Crippen molar-refractivity contribution in [1.82, 2.24) is 15.3 Å². The Kier molecular flexibility index (Phi) is 3.64. The quantitative estimate of drug-likeness (QED) is 0.716. The van der Waals surface area contributed by atoms with Gasteiger partial charge in [-0.2, -0.15) is 0 Å². The van der Waals surface area contributed by atoms with Crippen molar-refractivity contribution in [3.8, 4) is 5.88 Å². The lowest BCUT2D eigenvalue weighted by atomic mass is 10.4. The molecule has 0 bridgehead atoms. The van der Waals surface area contributed by atoms with Gasteiger partial charge in [0, 0.05) is 6.54 Å². The van der Waals surface area contributed by atoms with Gasteiger partial charge in [-0.1, -0.05) is 0 Å². The van der Waals surface area contributed by atoms with E-state index in [1.165, 1.54) is 6.07 Å². The SMILES string of the molecule is CNCC(C)Oc1cc(=O)[nH]c(C)n1. The summed E-state index contributed by atoms with van der Waals surface area (Å²) in [6, 6.07) is 1.35. The van der Waals surface area contributed by atoms with Crippen LogP contribution in [0.5, 0.6) is 5.88 Å². The Morgan fingerprint density at radius 3 is 3.00 bits per heavy atom. The van der Waals surface area contributed by atoms with Crippen molar-refractivity contribution < 1.29 is 4.74 Å². The molecule has 0 aliphatic carbocycles. The highest BCUT2D eigenvalue weighted by atomic mass is 16.5. The van der Waals surface area contributed by atoms with Crippen LogP contribution in [-0.2, 0) is 0 Å². The normalized spacial score (nSPS) is 12.5. The average molecular weight is 197 g/mol. The van der Waals surface area contributed by atoms with Crippen molar-refractivity contribution in [3.05, 3.63) is 22.2 Å². The van der Waals surface area contributed by atoms with E-state index >= 15 is 0 Å². The van der Waals surface area contributed by atoms with Gasteiger partial charge in [0.05, 0.1) is 6.07 Å². The number of hydrogen-bond acceptors (Lipinski definition) is 4. The van der Waals surface area contributed by atoms with Crippen LogP contribution < -0.4 is 15.6 Å². The highest BCUT2D eigenvalue weighted by Crippen LogP contribution is 2.04. The first-order chi connectivity index (χ1) is 6.61. The third-order valence-electron chi connectivity index (χ3n) is 1.65. The number of nitrogens with zero attached hydrogens (tertiary/aromatic N) is 1. The molecule has 0 aliphatic rings. The number of aromatic amines is 1. The van der Waals surface area contributed by atoms with Crippen LogP contribution in [0.15, 0.2) is 10.9 Å². The first-order valence-corrected chi connectivity index (χ1v) is 4.51. The Hall–Kier alpha value is -1.36. The number of nitrogens with one attached hydrogen (secondary N) is 2. The first-order valence-electron chi connectivity index (χ1n) is 4.51. The zero-order valence-electron chi connectivity index (χ0n) is 8.63. The molecule has 14 heavy (non-hydrogen) atoms. The van der Waals surface area contributed by atoms with Crippen molar-refractivity contribution in [1.29, 1.82) is 0 Å². The van der Waals surface area contributed by atoms with Gasteiger partial charge in [-0.15, -0.1) is 0 Å². The molecule has 0 saturated carbocycles. The maximum absolute atomic E-state index is 11.1. The Balaban J connectivity index is 2.71. The lowest BCUT2D eigenvalue weighted by Crippen LogP contribution is -2.27. The first kappa shape index (κ1) is 10.7. The molecule has 0 aromatic carbocycles. The van der Waals surface area contributed by atoms with Gasteiger partial charge in [-0.05, 0) is 20.9 Å². The van der Waals surface area contributed by atoms with E-state index in [9.17, 15) is 4.79 Å². The molecule has 1 aromatic rings. The van der Waals surface area contributed by atoms with Gasteiger partial charge < -0.3 is 15.0 Å². The van der Waals surface area contributed by atoms with E-state index in [0.29, 0.717) is 18.2 Å². The highest BCUT2D eigenvalue weighted by molar-refractivity contribution is 5.08. The van der Waals surface area contributed by atoms with E-state index in [1.54, 1.807) is 6.92 Å². The molecule has 5 nitrogen and oxygen atoms in total. The van der Waals surface area contributed by atoms with Crippen LogP contribution in [0.2, 0.25) is 0 Å². The molecule has 1 aromatic heterocycles. The molecule has 1 atom stereocenters. The van der Waals surface area contributed by atoms with Crippen molar-refractivity contribution in [2.24, 2.45) is 0 Å². The number of aromatic nitrogens is 2. The maximum atomic E-state index is 11.1. The van der Waals surface area contributed by atoms with Crippen LogP contribution in [0.1, 0.15) is 12.7 Å². The van der Waals surface area contributed by atoms with Gasteiger partial charge in [0.25, 0.3) is 5.56 Å². The molecule has 0 spiro atoms. The van der Waals surface area contributed by atoms with Crippen LogP contribution in [0.4, 0.5) is 0 Å². The molecule has 0 amide bonds. The second kappa shape index (κ2) is 4.76. The predicted octanol–water partition coefficient (Wildman–Crippen LogP) is 0.0650. The monoisotopic (exact) mass is 197 g/mol. The van der Waals surface area contributed by atoms with Crippen LogP contribution in [0, 0.1) is 6.92 Å². The van der Waals surface area contributed by atoms with E-state index in [2.05, 4.69) is 15.3 Å². The molecular formula is C9H15N3O2. The Morgan fingerprint density at radius 2 is 2.43 bits per heavy atom. The van der Waals surface area contributed by atoms with Gasteiger partial charge in [-0.25, -0.2) is 4.98 Å². The molecule has 2 N–H and O–H groups in total. The van der Waals surface area contributed by atoms with Gasteiger partial charge in [0.15, 0.2) is 0 Å². The smallest absolute Gasteiger partial charge is 0.254 e. The molecule has 1 rings (SSSR count). The van der Waals surface area contributed by atoms with E-state index < -0.39 is 0 Å². The predicted molar refractivity (Wildman–Crippen MR) is 53.6 cm³/mol. The molecule has 1 heterocycles. The van der Waals surface area contributed by atoms with Gasteiger partial charge in [0.1, 0.15) is 11.9 Å². The van der Waals surface area contributed by atoms with E-state index in [4.69, 9.17) is 4.74 Å². The molecule has 0 saturated heterocycles. The Morgan fingerprint density at radius 1 is 1.71 bits per heavy atom. The fraction of sp³-hybridized carbons (Fsp3) is 0.556. The van der Waals surface area contributed by atoms with Crippen LogP contribution in [0.3, 0.4) is 0 Å². The summed E-state index contributed by atoms with van der Waals surface area (Å²) in [4.78, 5) is 17.7. The van der Waals surface area contributed by atoms with Crippen LogP contribution >= 0.6 is 0 Å². The second-order valence-electron chi connectivity index (χ2n) is 3.16. The molecule has 1 unspecified atom stereocenters. The van der Waals surface area contributed by atoms with Crippen molar-refractivity contribution >= 4 is 0 Å². The number of likely N-dealkylation sites (N-methyl/N-ethyl adjacent to an activating group) is 1. The van der Waals surface area contributed by atoms with Crippen molar-refractivity contribution in [2.45, 2.75) is 20.0 Å². The standard InChI is InChI=1S/C9H15N3O2/c1-6(5-10-3)14-9-4-8(13)11-7(2)12-9/h4,6,10H,5H2,1-3H3,(H,11,12,13).